The SMILES string of the molecule is CCOc1ccc(Br)cc1/C=C/C(=O)Nc1ccc(C(=O)OC(C)C)cc1. The van der Waals surface area contributed by atoms with Gasteiger partial charge in [0.05, 0.1) is 18.3 Å². The maximum Gasteiger partial charge on any atom is 0.338 e. The first kappa shape index (κ1) is 20.7. The molecule has 2 aromatic rings. The molecule has 0 saturated carbocycles. The van der Waals surface area contributed by atoms with E-state index < -0.39 is 0 Å². The largest absolute Gasteiger partial charge is 0.493 e. The number of esters is 1. The van der Waals surface area contributed by atoms with Crippen molar-refractivity contribution in [2.24, 2.45) is 0 Å². The quantitative estimate of drug-likeness (QED) is 0.491. The van der Waals surface area contributed by atoms with E-state index in [1.165, 1.54) is 6.08 Å². The van der Waals surface area contributed by atoms with Crippen LogP contribution < -0.4 is 10.1 Å². The zero-order valence-electron chi connectivity index (χ0n) is 15.5. The Morgan fingerprint density at radius 2 is 1.85 bits per heavy atom. The van der Waals surface area contributed by atoms with Crippen molar-refractivity contribution in [2.45, 2.75) is 26.9 Å². The molecule has 2 rings (SSSR count). The summed E-state index contributed by atoms with van der Waals surface area (Å²) < 4.78 is 11.6. The molecule has 0 unspecified atom stereocenters. The molecule has 27 heavy (non-hydrogen) atoms. The Kier molecular flexibility index (Phi) is 7.61. The standard InChI is InChI=1S/C21H22BrNO4/c1-4-26-19-11-8-17(22)13-16(19)7-12-20(24)23-18-9-5-15(6-10-18)21(25)27-14(2)3/h5-14H,4H2,1-3H3,(H,23,24)/b12-7+. The Labute approximate surface area is 167 Å². The van der Waals surface area contributed by atoms with E-state index in [0.29, 0.717) is 23.6 Å². The molecule has 0 heterocycles. The Hall–Kier alpha value is -2.60. The first-order chi connectivity index (χ1) is 12.9. The molecule has 5 nitrogen and oxygen atoms in total. The summed E-state index contributed by atoms with van der Waals surface area (Å²) in [5, 5.41) is 2.75. The number of anilines is 1. The molecule has 1 N–H and O–H groups in total. The Morgan fingerprint density at radius 3 is 2.48 bits per heavy atom. The van der Waals surface area contributed by atoms with Gasteiger partial charge in [-0.05, 0) is 69.3 Å². The highest BCUT2D eigenvalue weighted by molar-refractivity contribution is 9.10. The molecular formula is C21H22BrNO4. The second-order valence-electron chi connectivity index (χ2n) is 5.97. The molecule has 0 saturated heterocycles. The van der Waals surface area contributed by atoms with Crippen molar-refractivity contribution in [1.29, 1.82) is 0 Å². The number of nitrogens with one attached hydrogen (secondary N) is 1. The van der Waals surface area contributed by atoms with Gasteiger partial charge < -0.3 is 14.8 Å². The predicted molar refractivity (Wildman–Crippen MR) is 110 cm³/mol. The van der Waals surface area contributed by atoms with Crippen LogP contribution in [0.2, 0.25) is 0 Å². The fourth-order valence-corrected chi connectivity index (χ4v) is 2.64. The second kappa shape index (κ2) is 9.92. The molecular weight excluding hydrogens is 410 g/mol. The normalized spacial score (nSPS) is 10.9. The molecule has 0 aliphatic heterocycles. The zero-order valence-corrected chi connectivity index (χ0v) is 17.1. The van der Waals surface area contributed by atoms with Crippen molar-refractivity contribution in [3.63, 3.8) is 0 Å². The topological polar surface area (TPSA) is 64.6 Å². The predicted octanol–water partition coefficient (Wildman–Crippen LogP) is 5.06. The zero-order chi connectivity index (χ0) is 19.8. The molecule has 0 aliphatic rings. The smallest absolute Gasteiger partial charge is 0.338 e. The van der Waals surface area contributed by atoms with Gasteiger partial charge in [-0.1, -0.05) is 15.9 Å². The average Bonchev–Trinajstić information content (AvgIpc) is 2.62. The van der Waals surface area contributed by atoms with Crippen LogP contribution in [0.25, 0.3) is 6.08 Å². The van der Waals surface area contributed by atoms with Crippen molar-refractivity contribution >= 4 is 39.6 Å². The van der Waals surface area contributed by atoms with E-state index in [0.717, 1.165) is 10.0 Å². The molecule has 2 aromatic carbocycles. The monoisotopic (exact) mass is 431 g/mol. The molecule has 0 radical (unpaired) electrons. The summed E-state index contributed by atoms with van der Waals surface area (Å²) in [6, 6.07) is 12.2. The van der Waals surface area contributed by atoms with Crippen LogP contribution in [0.15, 0.2) is 53.0 Å². The summed E-state index contributed by atoms with van der Waals surface area (Å²) in [6.07, 6.45) is 2.95. The molecule has 0 bridgehead atoms. The average molecular weight is 432 g/mol. The first-order valence-corrected chi connectivity index (χ1v) is 9.40. The maximum absolute atomic E-state index is 12.2. The highest BCUT2D eigenvalue weighted by Crippen LogP contribution is 2.24. The Bertz CT molecular complexity index is 829. The van der Waals surface area contributed by atoms with Gasteiger partial charge in [0.1, 0.15) is 5.75 Å². The number of ether oxygens (including phenoxy) is 2. The van der Waals surface area contributed by atoms with E-state index >= 15 is 0 Å². The lowest BCUT2D eigenvalue weighted by Crippen LogP contribution is -2.12. The van der Waals surface area contributed by atoms with Crippen molar-refractivity contribution in [1.82, 2.24) is 0 Å². The van der Waals surface area contributed by atoms with Gasteiger partial charge in [0.25, 0.3) is 0 Å². The van der Waals surface area contributed by atoms with Crippen molar-refractivity contribution in [3.8, 4) is 5.75 Å². The van der Waals surface area contributed by atoms with Gasteiger partial charge in [0.15, 0.2) is 0 Å². The Morgan fingerprint density at radius 1 is 1.15 bits per heavy atom. The van der Waals surface area contributed by atoms with E-state index in [-0.39, 0.29) is 18.0 Å². The van der Waals surface area contributed by atoms with Gasteiger partial charge in [-0.15, -0.1) is 0 Å². The van der Waals surface area contributed by atoms with Gasteiger partial charge in [0.2, 0.25) is 5.91 Å². The highest BCUT2D eigenvalue weighted by atomic mass is 79.9. The van der Waals surface area contributed by atoms with Crippen molar-refractivity contribution in [2.75, 3.05) is 11.9 Å². The van der Waals surface area contributed by atoms with E-state index in [4.69, 9.17) is 9.47 Å². The van der Waals surface area contributed by atoms with Crippen LogP contribution in [0.3, 0.4) is 0 Å². The van der Waals surface area contributed by atoms with Gasteiger partial charge >= 0.3 is 5.97 Å². The maximum atomic E-state index is 12.2. The summed E-state index contributed by atoms with van der Waals surface area (Å²) in [5.74, 6) is 0.0357. The van der Waals surface area contributed by atoms with Crippen LogP contribution in [0.1, 0.15) is 36.7 Å². The number of halogens is 1. The van der Waals surface area contributed by atoms with Gasteiger partial charge in [0, 0.05) is 21.8 Å². The van der Waals surface area contributed by atoms with Crippen LogP contribution in [0.4, 0.5) is 5.69 Å². The van der Waals surface area contributed by atoms with E-state index in [1.54, 1.807) is 44.2 Å². The molecule has 1 amide bonds. The lowest BCUT2D eigenvalue weighted by atomic mass is 10.2. The van der Waals surface area contributed by atoms with Gasteiger partial charge in [-0.2, -0.15) is 0 Å². The van der Waals surface area contributed by atoms with E-state index in [2.05, 4.69) is 21.2 Å². The molecule has 0 fully saturated rings. The molecule has 0 spiro atoms. The fourth-order valence-electron chi connectivity index (χ4n) is 2.26. The lowest BCUT2D eigenvalue weighted by Gasteiger charge is -2.09. The van der Waals surface area contributed by atoms with Gasteiger partial charge in [-0.25, -0.2) is 4.79 Å². The minimum Gasteiger partial charge on any atom is -0.493 e. The van der Waals surface area contributed by atoms with Crippen LogP contribution in [0.5, 0.6) is 5.75 Å². The minimum absolute atomic E-state index is 0.179. The van der Waals surface area contributed by atoms with Crippen LogP contribution >= 0.6 is 15.9 Å². The van der Waals surface area contributed by atoms with Crippen LogP contribution in [-0.2, 0) is 9.53 Å². The van der Waals surface area contributed by atoms with Crippen molar-refractivity contribution in [3.05, 3.63) is 64.1 Å². The van der Waals surface area contributed by atoms with Gasteiger partial charge in [-0.3, -0.25) is 4.79 Å². The number of carbonyl (C=O) groups excluding carboxylic acids is 2. The molecule has 0 aliphatic carbocycles. The summed E-state index contributed by atoms with van der Waals surface area (Å²) in [5.41, 5.74) is 1.82. The number of hydrogen-bond donors (Lipinski definition) is 1. The van der Waals surface area contributed by atoms with Crippen LogP contribution in [0, 0.1) is 0 Å². The minimum atomic E-state index is -0.388. The molecule has 142 valence electrons. The molecule has 0 atom stereocenters. The summed E-state index contributed by atoms with van der Waals surface area (Å²) in [7, 11) is 0. The second-order valence-corrected chi connectivity index (χ2v) is 6.88. The third-order valence-corrected chi connectivity index (χ3v) is 3.91. The summed E-state index contributed by atoms with van der Waals surface area (Å²) in [4.78, 5) is 24.0. The summed E-state index contributed by atoms with van der Waals surface area (Å²) >= 11 is 3.41. The van der Waals surface area contributed by atoms with Crippen molar-refractivity contribution < 1.29 is 19.1 Å². The van der Waals surface area contributed by atoms with E-state index in [9.17, 15) is 9.59 Å². The molecule has 0 aromatic heterocycles. The third-order valence-electron chi connectivity index (χ3n) is 3.42. The van der Waals surface area contributed by atoms with Crippen LogP contribution in [-0.4, -0.2) is 24.6 Å². The third kappa shape index (κ3) is 6.57. The number of rotatable bonds is 7. The number of amides is 1. The molecule has 6 heteroatoms. The first-order valence-electron chi connectivity index (χ1n) is 8.61. The number of carbonyl (C=O) groups is 2. The highest BCUT2D eigenvalue weighted by Gasteiger charge is 2.09. The fraction of sp³-hybridized carbons (Fsp3) is 0.238. The number of hydrogen-bond acceptors (Lipinski definition) is 4. The number of benzene rings is 2. The summed E-state index contributed by atoms with van der Waals surface area (Å²) in [6.45, 7) is 6.03. The van der Waals surface area contributed by atoms with E-state index in [1.807, 2.05) is 25.1 Å². The Balaban J connectivity index is 2.02. The lowest BCUT2D eigenvalue weighted by molar-refractivity contribution is -0.111.